The zero-order valence-corrected chi connectivity index (χ0v) is 7.09. The molecule has 96 valence electrons. The van der Waals surface area contributed by atoms with E-state index in [1.807, 2.05) is 0 Å². The molecule has 1 atom stereocenters. The molecule has 0 aromatic heterocycles. The van der Waals surface area contributed by atoms with Gasteiger partial charge in [0.1, 0.15) is 0 Å². The highest BCUT2D eigenvalue weighted by molar-refractivity contribution is 5.06. The first kappa shape index (κ1) is 13.4. The van der Waals surface area contributed by atoms with Crippen molar-refractivity contribution < 1.29 is 44.3 Å². The van der Waals surface area contributed by atoms with Crippen molar-refractivity contribution >= 4 is 0 Å². The van der Waals surface area contributed by atoms with Crippen molar-refractivity contribution in [1.82, 2.24) is 0 Å². The van der Waals surface area contributed by atoms with E-state index in [0.29, 0.717) is 0 Å². The van der Waals surface area contributed by atoms with Crippen LogP contribution in [0.15, 0.2) is 0 Å². The quantitative estimate of drug-likeness (QED) is 0.562. The molecule has 1 aliphatic heterocycles. The van der Waals surface area contributed by atoms with Crippen LogP contribution in [0.3, 0.4) is 0 Å². The molecule has 0 amide bonds. The molecule has 0 saturated carbocycles. The van der Waals surface area contributed by atoms with Gasteiger partial charge in [-0.3, -0.25) is 0 Å². The molecular weight excluding hydrogens is 259 g/mol. The van der Waals surface area contributed by atoms with E-state index in [2.05, 4.69) is 4.74 Å². The molecule has 1 fully saturated rings. The summed E-state index contributed by atoms with van der Waals surface area (Å²) in [5.41, 5.74) is 0. The van der Waals surface area contributed by atoms with E-state index in [9.17, 15) is 39.5 Å². The second-order valence-electron chi connectivity index (χ2n) is 3.09. The Kier molecular flexibility index (Phi) is 2.66. The molecule has 0 aliphatic carbocycles. The van der Waals surface area contributed by atoms with Crippen LogP contribution in [0.1, 0.15) is 0 Å². The summed E-state index contributed by atoms with van der Waals surface area (Å²) in [7, 11) is 0. The maximum absolute atomic E-state index is 12.6. The molecule has 1 aliphatic rings. The summed E-state index contributed by atoms with van der Waals surface area (Å²) in [6.07, 6.45) is -9.38. The van der Waals surface area contributed by atoms with Gasteiger partial charge in [-0.2, -0.15) is 39.5 Å². The first-order valence-corrected chi connectivity index (χ1v) is 3.67. The van der Waals surface area contributed by atoms with Crippen LogP contribution in [0.2, 0.25) is 0 Å². The van der Waals surface area contributed by atoms with Crippen LogP contribution in [0.25, 0.3) is 0 Å². The zero-order valence-electron chi connectivity index (χ0n) is 7.09. The molecule has 0 unspecified atom stereocenters. The smallest absolute Gasteiger partial charge is 0.366 e. The van der Waals surface area contributed by atoms with Crippen molar-refractivity contribution in [1.29, 1.82) is 0 Å². The van der Waals surface area contributed by atoms with E-state index >= 15 is 0 Å². The average Bonchev–Trinajstić information content (AvgIpc) is 2.82. The van der Waals surface area contributed by atoms with Crippen molar-refractivity contribution in [3.05, 3.63) is 0 Å². The van der Waals surface area contributed by atoms with Gasteiger partial charge in [-0.25, -0.2) is 0 Å². The molecule has 1 saturated heterocycles. The minimum Gasteiger partial charge on any atom is -0.366 e. The molecule has 0 spiro atoms. The third-order valence-corrected chi connectivity index (χ3v) is 1.91. The Morgan fingerprint density at radius 3 is 1.38 bits per heavy atom. The molecule has 16 heavy (non-hydrogen) atoms. The Bertz CT molecular complexity index is 276. The third kappa shape index (κ3) is 1.62. The summed E-state index contributed by atoms with van der Waals surface area (Å²) in [6.45, 7) is -0.990. The fraction of sp³-hybridized carbons (Fsp3) is 1.00. The predicted molar refractivity (Wildman–Crippen MR) is 30.6 cm³/mol. The van der Waals surface area contributed by atoms with E-state index in [0.717, 1.165) is 0 Å². The minimum absolute atomic E-state index is 0.990. The molecule has 1 rings (SSSR count). The molecule has 0 aromatic rings. The summed E-state index contributed by atoms with van der Waals surface area (Å²) in [4.78, 5) is 0. The second kappa shape index (κ2) is 3.17. The molecule has 0 bridgehead atoms. The summed E-state index contributed by atoms with van der Waals surface area (Å²) in [5.74, 6) is -19.0. The number of hydrogen-bond acceptors (Lipinski definition) is 1. The van der Waals surface area contributed by atoms with E-state index in [1.165, 1.54) is 0 Å². The second-order valence-corrected chi connectivity index (χ2v) is 3.09. The van der Waals surface area contributed by atoms with Gasteiger partial charge in [-0.05, 0) is 0 Å². The maximum atomic E-state index is 12.6. The number of halogens is 9. The van der Waals surface area contributed by atoms with Gasteiger partial charge in [0.2, 0.25) is 0 Å². The summed E-state index contributed by atoms with van der Waals surface area (Å²) in [5, 5.41) is 0. The topological polar surface area (TPSA) is 12.5 Å². The monoisotopic (exact) mass is 262 g/mol. The Morgan fingerprint density at radius 1 is 0.750 bits per heavy atom. The standard InChI is InChI=1S/C6H3F9O/c7-3(8,2-1-16-2)4(9,10)5(11,12)6(13,14)15/h2H,1H2/t2-/m1/s1. The van der Waals surface area contributed by atoms with E-state index in [4.69, 9.17) is 0 Å². The number of hydrogen-bond donors (Lipinski definition) is 0. The first-order valence-electron chi connectivity index (χ1n) is 3.67. The molecular formula is C6H3F9O. The fourth-order valence-corrected chi connectivity index (χ4v) is 0.847. The highest BCUT2D eigenvalue weighted by Gasteiger charge is 2.84. The van der Waals surface area contributed by atoms with Crippen molar-refractivity contribution in [3.63, 3.8) is 0 Å². The van der Waals surface area contributed by atoms with Gasteiger partial charge in [-0.15, -0.1) is 0 Å². The van der Waals surface area contributed by atoms with Crippen molar-refractivity contribution in [2.24, 2.45) is 0 Å². The molecule has 0 aromatic carbocycles. The molecule has 1 heterocycles. The number of epoxide rings is 1. The minimum atomic E-state index is -6.82. The number of ether oxygens (including phenoxy) is 1. The van der Waals surface area contributed by atoms with Crippen LogP contribution >= 0.6 is 0 Å². The van der Waals surface area contributed by atoms with Gasteiger partial charge in [0.15, 0.2) is 6.10 Å². The van der Waals surface area contributed by atoms with Crippen LogP contribution in [0.4, 0.5) is 39.5 Å². The zero-order chi connectivity index (χ0) is 13.0. The highest BCUT2D eigenvalue weighted by Crippen LogP contribution is 2.55. The van der Waals surface area contributed by atoms with Crippen LogP contribution in [0.5, 0.6) is 0 Å². The van der Waals surface area contributed by atoms with Gasteiger partial charge >= 0.3 is 23.9 Å². The lowest BCUT2D eigenvalue weighted by Gasteiger charge is -2.32. The average molecular weight is 262 g/mol. The van der Waals surface area contributed by atoms with Crippen LogP contribution < -0.4 is 0 Å². The molecule has 0 radical (unpaired) electrons. The fourth-order valence-electron chi connectivity index (χ4n) is 0.847. The summed E-state index contributed by atoms with van der Waals surface area (Å²) in [6, 6.07) is 0. The SMILES string of the molecule is FC(F)(F)C(F)(F)C(F)(F)C(F)(F)[C@H]1CO1. The molecule has 10 heteroatoms. The first-order chi connectivity index (χ1) is 6.86. The van der Waals surface area contributed by atoms with Crippen LogP contribution in [-0.4, -0.2) is 36.7 Å². The molecule has 0 N–H and O–H groups in total. The van der Waals surface area contributed by atoms with Crippen molar-refractivity contribution in [3.8, 4) is 0 Å². The molecule has 1 nitrogen and oxygen atoms in total. The summed E-state index contributed by atoms with van der Waals surface area (Å²) < 4.78 is 113. The van der Waals surface area contributed by atoms with Crippen molar-refractivity contribution in [2.45, 2.75) is 30.0 Å². The van der Waals surface area contributed by atoms with Crippen LogP contribution in [-0.2, 0) is 4.74 Å². The lowest BCUT2D eigenvalue weighted by atomic mass is 10.0. The van der Waals surface area contributed by atoms with Gasteiger partial charge in [0.25, 0.3) is 0 Å². The predicted octanol–water partition coefficient (Wildman–Crippen LogP) is 2.85. The van der Waals surface area contributed by atoms with E-state index < -0.39 is 36.7 Å². The van der Waals surface area contributed by atoms with Gasteiger partial charge in [0, 0.05) is 0 Å². The van der Waals surface area contributed by atoms with E-state index in [-0.39, 0.29) is 0 Å². The Morgan fingerprint density at radius 2 is 1.12 bits per heavy atom. The number of rotatable bonds is 3. The summed E-state index contributed by atoms with van der Waals surface area (Å²) >= 11 is 0. The Hall–Kier alpha value is -0.670. The van der Waals surface area contributed by atoms with Crippen LogP contribution in [0, 0.1) is 0 Å². The van der Waals surface area contributed by atoms with Gasteiger partial charge < -0.3 is 4.74 Å². The third-order valence-electron chi connectivity index (χ3n) is 1.91. The normalized spacial score (nSPS) is 23.4. The lowest BCUT2D eigenvalue weighted by molar-refractivity contribution is -0.397. The number of alkyl halides is 9. The Labute approximate surface area is 82.2 Å². The lowest BCUT2D eigenvalue weighted by Crippen LogP contribution is -2.62. The van der Waals surface area contributed by atoms with Gasteiger partial charge in [0.05, 0.1) is 6.61 Å². The largest absolute Gasteiger partial charge is 0.460 e. The van der Waals surface area contributed by atoms with E-state index in [1.54, 1.807) is 0 Å². The maximum Gasteiger partial charge on any atom is 0.460 e. The van der Waals surface area contributed by atoms with Crippen molar-refractivity contribution in [2.75, 3.05) is 6.61 Å². The highest BCUT2D eigenvalue weighted by atomic mass is 19.4. The van der Waals surface area contributed by atoms with Gasteiger partial charge in [-0.1, -0.05) is 0 Å². The Balaban J connectivity index is 3.09.